The van der Waals surface area contributed by atoms with Crippen molar-refractivity contribution < 1.29 is 13.5 Å². The van der Waals surface area contributed by atoms with Crippen molar-refractivity contribution in [1.82, 2.24) is 0 Å². The van der Waals surface area contributed by atoms with Gasteiger partial charge in [0.2, 0.25) is 0 Å². The number of aliphatic hydroxyl groups is 1. The fraction of sp³-hybridized carbons (Fsp3) is 0.500. The fourth-order valence-electron chi connectivity index (χ4n) is 1.63. The molecule has 3 nitrogen and oxygen atoms in total. The molecule has 90 valence electrons. The molecular weight excluding hydrogens is 224 g/mol. The van der Waals surface area contributed by atoms with Gasteiger partial charge in [-0.2, -0.15) is 0 Å². The Kier molecular flexibility index (Phi) is 4.10. The molecule has 0 aliphatic heterocycles. The highest BCUT2D eigenvalue weighted by atomic mass is 32.2. The molecule has 2 unspecified atom stereocenters. The zero-order valence-electron chi connectivity index (χ0n) is 9.84. The first-order valence-electron chi connectivity index (χ1n) is 5.32. The molecule has 1 N–H and O–H groups in total. The summed E-state index contributed by atoms with van der Waals surface area (Å²) >= 11 is 0. The number of hydrogen-bond acceptors (Lipinski definition) is 3. The summed E-state index contributed by atoms with van der Waals surface area (Å²) in [7, 11) is -3.32. The summed E-state index contributed by atoms with van der Waals surface area (Å²) < 4.78 is 24.2. The van der Waals surface area contributed by atoms with E-state index in [-0.39, 0.29) is 6.42 Å². The van der Waals surface area contributed by atoms with E-state index in [1.165, 1.54) is 0 Å². The molecule has 1 aromatic carbocycles. The van der Waals surface area contributed by atoms with E-state index in [0.717, 1.165) is 5.56 Å². The number of aryl methyl sites for hydroxylation is 1. The molecule has 0 aliphatic carbocycles. The van der Waals surface area contributed by atoms with E-state index < -0.39 is 21.2 Å². The Morgan fingerprint density at radius 2 is 1.94 bits per heavy atom. The molecule has 0 heterocycles. The van der Waals surface area contributed by atoms with Gasteiger partial charge in [0.25, 0.3) is 0 Å². The second kappa shape index (κ2) is 4.97. The van der Waals surface area contributed by atoms with Crippen LogP contribution in [-0.4, -0.2) is 24.9 Å². The van der Waals surface area contributed by atoms with Crippen molar-refractivity contribution in [3.8, 4) is 0 Å². The van der Waals surface area contributed by atoms with Crippen LogP contribution in [-0.2, 0) is 9.84 Å². The van der Waals surface area contributed by atoms with Crippen LogP contribution in [0.15, 0.2) is 29.2 Å². The summed E-state index contributed by atoms with van der Waals surface area (Å²) in [6.45, 7) is 5.09. The Morgan fingerprint density at radius 3 is 2.44 bits per heavy atom. The van der Waals surface area contributed by atoms with Gasteiger partial charge in [0, 0.05) is 0 Å². The molecule has 0 radical (unpaired) electrons. The topological polar surface area (TPSA) is 54.4 Å². The molecule has 2 atom stereocenters. The molecule has 0 amide bonds. The van der Waals surface area contributed by atoms with Crippen molar-refractivity contribution in [2.75, 3.05) is 0 Å². The van der Waals surface area contributed by atoms with Crippen molar-refractivity contribution in [1.29, 1.82) is 0 Å². The van der Waals surface area contributed by atoms with Gasteiger partial charge in [-0.1, -0.05) is 12.1 Å². The molecule has 0 aliphatic rings. The molecule has 1 aromatic rings. The summed E-state index contributed by atoms with van der Waals surface area (Å²) in [5, 5.41) is 8.66. The van der Waals surface area contributed by atoms with Crippen LogP contribution in [0.3, 0.4) is 0 Å². The second-order valence-electron chi connectivity index (χ2n) is 4.26. The Balaban J connectivity index is 3.02. The quantitative estimate of drug-likeness (QED) is 0.877. The third-order valence-electron chi connectivity index (χ3n) is 2.52. The van der Waals surface area contributed by atoms with Gasteiger partial charge in [-0.3, -0.25) is 0 Å². The first-order valence-corrected chi connectivity index (χ1v) is 6.87. The van der Waals surface area contributed by atoms with Crippen molar-refractivity contribution in [3.05, 3.63) is 29.8 Å². The van der Waals surface area contributed by atoms with Crippen LogP contribution in [0.4, 0.5) is 0 Å². The Morgan fingerprint density at radius 1 is 1.31 bits per heavy atom. The lowest BCUT2D eigenvalue weighted by atomic mass is 10.2. The SMILES string of the molecule is Cc1cccc(S(=O)(=O)C(C)CC(C)O)c1. The maximum atomic E-state index is 12.1. The third-order valence-corrected chi connectivity index (χ3v) is 4.68. The molecule has 0 spiro atoms. The van der Waals surface area contributed by atoms with E-state index in [2.05, 4.69) is 0 Å². The lowest BCUT2D eigenvalue weighted by Crippen LogP contribution is -2.22. The Bertz CT molecular complexity index is 449. The van der Waals surface area contributed by atoms with Gasteiger partial charge in [0.05, 0.1) is 16.2 Å². The standard InChI is InChI=1S/C12H18O3S/c1-9-5-4-6-12(7-9)16(14,15)11(3)8-10(2)13/h4-7,10-11,13H,8H2,1-3H3. The Hall–Kier alpha value is -0.870. The van der Waals surface area contributed by atoms with E-state index in [1.807, 2.05) is 13.0 Å². The van der Waals surface area contributed by atoms with Crippen LogP contribution in [0.1, 0.15) is 25.8 Å². The minimum atomic E-state index is -3.32. The Labute approximate surface area is 97.0 Å². The molecule has 1 rings (SSSR count). The van der Waals surface area contributed by atoms with Crippen LogP contribution in [0.2, 0.25) is 0 Å². The number of benzene rings is 1. The average Bonchev–Trinajstić information content (AvgIpc) is 2.16. The third kappa shape index (κ3) is 3.06. The summed E-state index contributed by atoms with van der Waals surface area (Å²) in [6, 6.07) is 6.85. The highest BCUT2D eigenvalue weighted by Crippen LogP contribution is 2.20. The predicted molar refractivity (Wildman–Crippen MR) is 64.1 cm³/mol. The molecule has 16 heavy (non-hydrogen) atoms. The van der Waals surface area contributed by atoms with E-state index in [1.54, 1.807) is 32.0 Å². The molecule has 0 bridgehead atoms. The van der Waals surface area contributed by atoms with Crippen LogP contribution < -0.4 is 0 Å². The summed E-state index contributed by atoms with van der Waals surface area (Å²) in [4.78, 5) is 0.334. The van der Waals surface area contributed by atoms with Crippen LogP contribution >= 0.6 is 0 Å². The second-order valence-corrected chi connectivity index (χ2v) is 6.62. The summed E-state index contributed by atoms with van der Waals surface area (Å²) in [6.07, 6.45) is -0.342. The maximum absolute atomic E-state index is 12.1. The first-order chi connectivity index (χ1) is 7.34. The zero-order valence-corrected chi connectivity index (χ0v) is 10.7. The van der Waals surface area contributed by atoms with Gasteiger partial charge in [-0.15, -0.1) is 0 Å². The van der Waals surface area contributed by atoms with Gasteiger partial charge < -0.3 is 5.11 Å². The normalized spacial score (nSPS) is 15.8. The minimum Gasteiger partial charge on any atom is -0.393 e. The molecular formula is C12H18O3S. The molecule has 4 heteroatoms. The number of rotatable bonds is 4. The average molecular weight is 242 g/mol. The lowest BCUT2D eigenvalue weighted by molar-refractivity contribution is 0.184. The minimum absolute atomic E-state index is 0.260. The monoisotopic (exact) mass is 242 g/mol. The van der Waals surface area contributed by atoms with E-state index in [0.29, 0.717) is 4.90 Å². The fourth-order valence-corrected chi connectivity index (χ4v) is 3.25. The van der Waals surface area contributed by atoms with E-state index in [9.17, 15) is 13.5 Å². The number of hydrogen-bond donors (Lipinski definition) is 1. The van der Waals surface area contributed by atoms with Crippen LogP contribution in [0.25, 0.3) is 0 Å². The summed E-state index contributed by atoms with van der Waals surface area (Å²) in [5.74, 6) is 0. The summed E-state index contributed by atoms with van der Waals surface area (Å²) in [5.41, 5.74) is 0.922. The van der Waals surface area contributed by atoms with Crippen molar-refractivity contribution >= 4 is 9.84 Å². The van der Waals surface area contributed by atoms with Gasteiger partial charge in [0.15, 0.2) is 9.84 Å². The predicted octanol–water partition coefficient (Wildman–Crippen LogP) is 1.93. The highest BCUT2D eigenvalue weighted by molar-refractivity contribution is 7.92. The molecule has 0 aromatic heterocycles. The van der Waals surface area contributed by atoms with Gasteiger partial charge in [-0.25, -0.2) is 8.42 Å². The zero-order chi connectivity index (χ0) is 12.3. The van der Waals surface area contributed by atoms with Crippen molar-refractivity contribution in [2.45, 2.75) is 43.4 Å². The molecule has 0 saturated heterocycles. The van der Waals surface area contributed by atoms with E-state index in [4.69, 9.17) is 0 Å². The van der Waals surface area contributed by atoms with Gasteiger partial charge >= 0.3 is 0 Å². The largest absolute Gasteiger partial charge is 0.393 e. The van der Waals surface area contributed by atoms with Crippen LogP contribution in [0, 0.1) is 6.92 Å². The number of sulfone groups is 1. The van der Waals surface area contributed by atoms with Crippen molar-refractivity contribution in [2.24, 2.45) is 0 Å². The lowest BCUT2D eigenvalue weighted by Gasteiger charge is -2.14. The van der Waals surface area contributed by atoms with E-state index >= 15 is 0 Å². The van der Waals surface area contributed by atoms with Gasteiger partial charge in [-0.05, 0) is 44.9 Å². The first kappa shape index (κ1) is 13.2. The molecule has 0 fully saturated rings. The van der Waals surface area contributed by atoms with Crippen molar-refractivity contribution in [3.63, 3.8) is 0 Å². The van der Waals surface area contributed by atoms with Gasteiger partial charge in [0.1, 0.15) is 0 Å². The number of aliphatic hydroxyl groups excluding tert-OH is 1. The maximum Gasteiger partial charge on any atom is 0.181 e. The molecule has 0 saturated carbocycles. The van der Waals surface area contributed by atoms with Crippen LogP contribution in [0.5, 0.6) is 0 Å². The highest BCUT2D eigenvalue weighted by Gasteiger charge is 2.24. The smallest absolute Gasteiger partial charge is 0.181 e.